The number of hydrogen-bond acceptors (Lipinski definition) is 4. The molecule has 1 N–H and O–H groups in total. The average molecular weight is 478 g/mol. The first-order chi connectivity index (χ1) is 15.5. The van der Waals surface area contributed by atoms with Gasteiger partial charge in [0, 0.05) is 44.8 Å². The second-order valence-electron chi connectivity index (χ2n) is 8.91. The molecule has 170 valence electrons. The van der Waals surface area contributed by atoms with Crippen LogP contribution in [0.5, 0.6) is 0 Å². The van der Waals surface area contributed by atoms with Gasteiger partial charge in [0.25, 0.3) is 5.91 Å². The highest BCUT2D eigenvalue weighted by atomic mass is 35.5. The number of fused-ring (bicyclic) bond motifs is 1. The zero-order valence-corrected chi connectivity index (χ0v) is 19.2. The molecule has 32 heavy (non-hydrogen) atoms. The highest BCUT2D eigenvalue weighted by Gasteiger charge is 2.55. The van der Waals surface area contributed by atoms with Gasteiger partial charge in [-0.05, 0) is 53.6 Å². The minimum Gasteiger partial charge on any atom is -0.378 e. The van der Waals surface area contributed by atoms with Gasteiger partial charge in [0.1, 0.15) is 5.82 Å². The van der Waals surface area contributed by atoms with Crippen LogP contribution in [0.15, 0.2) is 36.4 Å². The van der Waals surface area contributed by atoms with Gasteiger partial charge < -0.3 is 15.0 Å². The number of ether oxygens (including phenoxy) is 1. The molecule has 2 unspecified atom stereocenters. The molecule has 0 radical (unpaired) electrons. The summed E-state index contributed by atoms with van der Waals surface area (Å²) in [5, 5.41) is 4.17. The van der Waals surface area contributed by atoms with E-state index in [4.69, 9.17) is 27.9 Å². The van der Waals surface area contributed by atoms with Gasteiger partial charge in [-0.1, -0.05) is 29.3 Å². The number of rotatable bonds is 6. The molecule has 8 heteroatoms. The fraction of sp³-hybridized carbons (Fsp3) is 0.458. The van der Waals surface area contributed by atoms with Crippen molar-refractivity contribution in [1.29, 1.82) is 0 Å². The normalized spacial score (nSPS) is 25.0. The van der Waals surface area contributed by atoms with Crippen LogP contribution in [-0.4, -0.2) is 56.7 Å². The summed E-state index contributed by atoms with van der Waals surface area (Å²) >= 11 is 12.1. The van der Waals surface area contributed by atoms with Crippen LogP contribution in [0.2, 0.25) is 10.0 Å². The van der Waals surface area contributed by atoms with Crippen LogP contribution < -0.4 is 10.2 Å². The lowest BCUT2D eigenvalue weighted by atomic mass is 10.1. The van der Waals surface area contributed by atoms with Gasteiger partial charge in [0.05, 0.1) is 28.9 Å². The SMILES string of the molecule is O=C(NCC1C2CN(Cc3ccc(Cl)c(Cl)c3)CC12)c1ccc(N2CCOCC2)c(F)c1. The Morgan fingerprint density at radius 1 is 1.06 bits per heavy atom. The summed E-state index contributed by atoms with van der Waals surface area (Å²) < 4.78 is 19.9. The first kappa shape index (κ1) is 22.0. The molecule has 1 amide bonds. The number of amides is 1. The Balaban J connectivity index is 1.09. The predicted octanol–water partition coefficient (Wildman–Crippen LogP) is 4.08. The monoisotopic (exact) mass is 477 g/mol. The highest BCUT2D eigenvalue weighted by molar-refractivity contribution is 6.42. The molecular formula is C24H26Cl2FN3O2. The number of carbonyl (C=O) groups excluding carboxylic acids is 1. The second kappa shape index (κ2) is 9.18. The molecule has 2 atom stereocenters. The van der Waals surface area contributed by atoms with Gasteiger partial charge in [-0.2, -0.15) is 0 Å². The van der Waals surface area contributed by atoms with Crippen molar-refractivity contribution in [3.8, 4) is 0 Å². The Kier molecular flexibility index (Phi) is 6.30. The van der Waals surface area contributed by atoms with Crippen molar-refractivity contribution in [2.24, 2.45) is 17.8 Å². The molecule has 0 aromatic heterocycles. The fourth-order valence-electron chi connectivity index (χ4n) is 5.09. The summed E-state index contributed by atoms with van der Waals surface area (Å²) in [6, 6.07) is 10.5. The van der Waals surface area contributed by atoms with Gasteiger partial charge in [-0.25, -0.2) is 4.39 Å². The lowest BCUT2D eigenvalue weighted by molar-refractivity contribution is 0.0948. The molecule has 2 saturated heterocycles. The van der Waals surface area contributed by atoms with Crippen molar-refractivity contribution < 1.29 is 13.9 Å². The summed E-state index contributed by atoms with van der Waals surface area (Å²) in [5.41, 5.74) is 2.06. The molecule has 2 heterocycles. The Morgan fingerprint density at radius 2 is 1.81 bits per heavy atom. The number of nitrogens with zero attached hydrogens (tertiary/aromatic N) is 2. The Morgan fingerprint density at radius 3 is 2.50 bits per heavy atom. The molecule has 0 bridgehead atoms. The van der Waals surface area contributed by atoms with Crippen LogP contribution in [0.3, 0.4) is 0 Å². The van der Waals surface area contributed by atoms with Crippen molar-refractivity contribution >= 4 is 34.8 Å². The lowest BCUT2D eigenvalue weighted by Crippen LogP contribution is -2.36. The molecule has 2 aromatic rings. The van der Waals surface area contributed by atoms with Crippen LogP contribution >= 0.6 is 23.2 Å². The number of carbonyl (C=O) groups is 1. The second-order valence-corrected chi connectivity index (χ2v) is 9.72. The number of piperidine rings is 1. The average Bonchev–Trinajstić information content (AvgIpc) is 3.25. The number of halogens is 3. The van der Waals surface area contributed by atoms with E-state index in [0.29, 0.717) is 71.9 Å². The third-order valence-corrected chi connectivity index (χ3v) is 7.64. The standard InChI is InChI=1S/C24H26Cl2FN3O2/c25-20-3-1-15(9-21(20)26)12-29-13-18-17(19(18)14-29)11-28-24(31)16-2-4-23(22(27)10-16)30-5-7-32-8-6-30/h1-4,9-10,17-19H,5-8,11-14H2,(H,28,31). The number of nitrogens with one attached hydrogen (secondary N) is 1. The van der Waals surface area contributed by atoms with Crippen molar-refractivity contribution in [3.63, 3.8) is 0 Å². The third kappa shape index (κ3) is 4.60. The number of anilines is 1. The summed E-state index contributed by atoms with van der Waals surface area (Å²) in [6.07, 6.45) is 0. The smallest absolute Gasteiger partial charge is 0.251 e. The molecule has 1 aliphatic carbocycles. The van der Waals surface area contributed by atoms with Crippen molar-refractivity contribution in [3.05, 3.63) is 63.4 Å². The molecule has 2 aromatic carbocycles. The zero-order chi connectivity index (χ0) is 22.2. The van der Waals surface area contributed by atoms with E-state index in [2.05, 4.69) is 10.2 Å². The summed E-state index contributed by atoms with van der Waals surface area (Å²) in [5.74, 6) is 1.15. The highest BCUT2D eigenvalue weighted by Crippen LogP contribution is 2.51. The van der Waals surface area contributed by atoms with E-state index < -0.39 is 0 Å². The van der Waals surface area contributed by atoms with Crippen LogP contribution in [0, 0.1) is 23.6 Å². The topological polar surface area (TPSA) is 44.8 Å². The maximum absolute atomic E-state index is 14.6. The van der Waals surface area contributed by atoms with Crippen molar-refractivity contribution in [2.75, 3.05) is 50.8 Å². The summed E-state index contributed by atoms with van der Waals surface area (Å²) in [4.78, 5) is 16.9. The molecule has 1 saturated carbocycles. The van der Waals surface area contributed by atoms with Gasteiger partial charge in [-0.3, -0.25) is 9.69 Å². The Hall–Kier alpha value is -1.86. The minimum absolute atomic E-state index is 0.213. The molecule has 3 fully saturated rings. The van der Waals surface area contributed by atoms with Crippen LogP contribution in [0.1, 0.15) is 15.9 Å². The molecule has 0 spiro atoms. The Bertz CT molecular complexity index is 1000. The first-order valence-electron chi connectivity index (χ1n) is 11.1. The lowest BCUT2D eigenvalue weighted by Gasteiger charge is -2.29. The van der Waals surface area contributed by atoms with Crippen LogP contribution in [-0.2, 0) is 11.3 Å². The van der Waals surface area contributed by atoms with E-state index >= 15 is 0 Å². The predicted molar refractivity (Wildman–Crippen MR) is 124 cm³/mol. The van der Waals surface area contributed by atoms with Gasteiger partial charge >= 0.3 is 0 Å². The minimum atomic E-state index is -0.360. The van der Waals surface area contributed by atoms with Crippen molar-refractivity contribution in [1.82, 2.24) is 10.2 Å². The van der Waals surface area contributed by atoms with Crippen molar-refractivity contribution in [2.45, 2.75) is 6.54 Å². The molecule has 5 nitrogen and oxygen atoms in total. The largest absolute Gasteiger partial charge is 0.378 e. The van der Waals surface area contributed by atoms with E-state index in [1.54, 1.807) is 12.1 Å². The van der Waals surface area contributed by atoms with E-state index in [9.17, 15) is 9.18 Å². The summed E-state index contributed by atoms with van der Waals surface area (Å²) in [6.45, 7) is 6.05. The number of hydrogen-bond donors (Lipinski definition) is 1. The maximum Gasteiger partial charge on any atom is 0.251 e. The summed E-state index contributed by atoms with van der Waals surface area (Å²) in [7, 11) is 0. The molecule has 5 rings (SSSR count). The van der Waals surface area contributed by atoms with Crippen LogP contribution in [0.4, 0.5) is 10.1 Å². The quantitative estimate of drug-likeness (QED) is 0.680. The maximum atomic E-state index is 14.6. The van der Waals surface area contributed by atoms with E-state index in [0.717, 1.165) is 25.2 Å². The van der Waals surface area contributed by atoms with Gasteiger partial charge in [0.2, 0.25) is 0 Å². The van der Waals surface area contributed by atoms with E-state index in [-0.39, 0.29) is 11.7 Å². The fourth-order valence-corrected chi connectivity index (χ4v) is 5.41. The first-order valence-corrected chi connectivity index (χ1v) is 11.8. The van der Waals surface area contributed by atoms with Gasteiger partial charge in [0.15, 0.2) is 0 Å². The third-order valence-electron chi connectivity index (χ3n) is 6.90. The van der Waals surface area contributed by atoms with E-state index in [1.165, 1.54) is 6.07 Å². The number of benzene rings is 2. The number of likely N-dealkylation sites (tertiary alicyclic amines) is 1. The Labute approximate surface area is 197 Å². The number of morpholine rings is 1. The molecule has 3 aliphatic rings. The zero-order valence-electron chi connectivity index (χ0n) is 17.7. The molecule has 2 aliphatic heterocycles. The molecular weight excluding hydrogens is 452 g/mol. The van der Waals surface area contributed by atoms with E-state index in [1.807, 2.05) is 23.1 Å². The van der Waals surface area contributed by atoms with Crippen LogP contribution in [0.25, 0.3) is 0 Å². The van der Waals surface area contributed by atoms with Gasteiger partial charge in [-0.15, -0.1) is 0 Å².